The number of anilines is 1. The molecule has 1 atom stereocenters. The van der Waals surface area contributed by atoms with Crippen molar-refractivity contribution < 1.29 is 5.11 Å². The Morgan fingerprint density at radius 3 is 2.60 bits per heavy atom. The van der Waals surface area contributed by atoms with E-state index in [1.807, 2.05) is 18.2 Å². The SMILES string of the molecule is CC(C)(C)C(CCO)Nc1ccccn1. The number of hydrogen-bond donors (Lipinski definition) is 2. The Hall–Kier alpha value is -1.09. The van der Waals surface area contributed by atoms with Crippen LogP contribution in [0.5, 0.6) is 0 Å². The Bertz CT molecular complexity index is 279. The standard InChI is InChI=1S/C12H20N2O/c1-12(2,3)10(7-9-15)14-11-6-4-5-8-13-11/h4-6,8,10,15H,7,9H2,1-3H3,(H,13,14). The largest absolute Gasteiger partial charge is 0.396 e. The van der Waals surface area contributed by atoms with Crippen molar-refractivity contribution in [2.45, 2.75) is 33.2 Å². The zero-order valence-corrected chi connectivity index (χ0v) is 9.70. The predicted molar refractivity (Wildman–Crippen MR) is 62.8 cm³/mol. The Balaban J connectivity index is 2.67. The molecular formula is C12H20N2O. The van der Waals surface area contributed by atoms with Crippen LogP contribution in [0.2, 0.25) is 0 Å². The summed E-state index contributed by atoms with van der Waals surface area (Å²) in [5, 5.41) is 12.4. The molecule has 0 saturated heterocycles. The van der Waals surface area contributed by atoms with Crippen LogP contribution in [0, 0.1) is 5.41 Å². The molecule has 0 amide bonds. The molecule has 1 aromatic heterocycles. The molecule has 15 heavy (non-hydrogen) atoms. The van der Waals surface area contributed by atoms with Gasteiger partial charge < -0.3 is 10.4 Å². The van der Waals surface area contributed by atoms with Crippen LogP contribution in [-0.4, -0.2) is 22.7 Å². The third kappa shape index (κ3) is 3.88. The van der Waals surface area contributed by atoms with Gasteiger partial charge in [0.25, 0.3) is 0 Å². The van der Waals surface area contributed by atoms with Crippen molar-refractivity contribution in [2.75, 3.05) is 11.9 Å². The second-order valence-corrected chi connectivity index (χ2v) is 4.79. The normalized spacial score (nSPS) is 13.6. The zero-order chi connectivity index (χ0) is 11.3. The highest BCUT2D eigenvalue weighted by molar-refractivity contribution is 5.35. The number of aromatic nitrogens is 1. The zero-order valence-electron chi connectivity index (χ0n) is 9.70. The van der Waals surface area contributed by atoms with Gasteiger partial charge in [0.2, 0.25) is 0 Å². The van der Waals surface area contributed by atoms with Crippen molar-refractivity contribution in [1.82, 2.24) is 4.98 Å². The molecule has 3 nitrogen and oxygen atoms in total. The molecule has 0 radical (unpaired) electrons. The Labute approximate surface area is 91.5 Å². The molecule has 1 aromatic rings. The van der Waals surface area contributed by atoms with Gasteiger partial charge in [-0.05, 0) is 24.0 Å². The molecule has 1 unspecified atom stereocenters. The lowest BCUT2D eigenvalue weighted by atomic mass is 9.85. The summed E-state index contributed by atoms with van der Waals surface area (Å²) in [5.41, 5.74) is 0.111. The second-order valence-electron chi connectivity index (χ2n) is 4.79. The Morgan fingerprint density at radius 2 is 2.13 bits per heavy atom. The van der Waals surface area contributed by atoms with Crippen molar-refractivity contribution in [2.24, 2.45) is 5.41 Å². The third-order valence-electron chi connectivity index (χ3n) is 2.45. The second kappa shape index (κ2) is 5.12. The molecule has 84 valence electrons. The first kappa shape index (κ1) is 12.0. The summed E-state index contributed by atoms with van der Waals surface area (Å²) in [7, 11) is 0. The molecule has 0 aliphatic heterocycles. The van der Waals surface area contributed by atoms with Gasteiger partial charge in [0.15, 0.2) is 0 Å². The third-order valence-corrected chi connectivity index (χ3v) is 2.45. The maximum Gasteiger partial charge on any atom is 0.126 e. The van der Waals surface area contributed by atoms with Crippen LogP contribution in [0.1, 0.15) is 27.2 Å². The van der Waals surface area contributed by atoms with E-state index in [9.17, 15) is 0 Å². The number of rotatable bonds is 4. The van der Waals surface area contributed by atoms with Gasteiger partial charge in [-0.2, -0.15) is 0 Å². The quantitative estimate of drug-likeness (QED) is 0.798. The minimum Gasteiger partial charge on any atom is -0.396 e. The number of hydrogen-bond acceptors (Lipinski definition) is 3. The lowest BCUT2D eigenvalue weighted by molar-refractivity contribution is 0.235. The molecule has 0 bridgehead atoms. The first-order valence-electron chi connectivity index (χ1n) is 5.32. The molecule has 3 heteroatoms. The molecule has 1 heterocycles. The number of aliphatic hydroxyl groups excluding tert-OH is 1. The molecule has 0 aliphatic carbocycles. The highest BCUT2D eigenvalue weighted by Crippen LogP contribution is 2.24. The molecule has 0 aliphatic rings. The Morgan fingerprint density at radius 1 is 1.40 bits per heavy atom. The van der Waals surface area contributed by atoms with E-state index in [0.29, 0.717) is 0 Å². The minimum atomic E-state index is 0.111. The number of nitrogens with one attached hydrogen (secondary N) is 1. The monoisotopic (exact) mass is 208 g/mol. The van der Waals surface area contributed by atoms with Gasteiger partial charge in [0.05, 0.1) is 0 Å². The van der Waals surface area contributed by atoms with Crippen molar-refractivity contribution >= 4 is 5.82 Å². The van der Waals surface area contributed by atoms with Crippen LogP contribution >= 0.6 is 0 Å². The van der Waals surface area contributed by atoms with E-state index in [-0.39, 0.29) is 18.1 Å². The van der Waals surface area contributed by atoms with E-state index >= 15 is 0 Å². The van der Waals surface area contributed by atoms with Crippen LogP contribution in [-0.2, 0) is 0 Å². The van der Waals surface area contributed by atoms with Crippen molar-refractivity contribution in [3.8, 4) is 0 Å². The van der Waals surface area contributed by atoms with E-state index in [2.05, 4.69) is 31.1 Å². The number of pyridine rings is 1. The molecule has 0 fully saturated rings. The van der Waals surface area contributed by atoms with Gasteiger partial charge in [-0.3, -0.25) is 0 Å². The summed E-state index contributed by atoms with van der Waals surface area (Å²) in [4.78, 5) is 4.22. The maximum atomic E-state index is 9.02. The number of nitrogens with zero attached hydrogens (tertiary/aromatic N) is 1. The van der Waals surface area contributed by atoms with E-state index in [1.54, 1.807) is 6.20 Å². The molecule has 0 saturated carbocycles. The van der Waals surface area contributed by atoms with E-state index in [1.165, 1.54) is 0 Å². The lowest BCUT2D eigenvalue weighted by Crippen LogP contribution is -2.35. The first-order valence-corrected chi connectivity index (χ1v) is 5.32. The van der Waals surface area contributed by atoms with Crippen molar-refractivity contribution in [1.29, 1.82) is 0 Å². The van der Waals surface area contributed by atoms with Crippen molar-refractivity contribution in [3.63, 3.8) is 0 Å². The lowest BCUT2D eigenvalue weighted by Gasteiger charge is -2.31. The predicted octanol–water partition coefficient (Wildman–Crippen LogP) is 2.29. The fraction of sp³-hybridized carbons (Fsp3) is 0.583. The molecule has 1 rings (SSSR count). The van der Waals surface area contributed by atoms with Gasteiger partial charge in [-0.25, -0.2) is 4.98 Å². The van der Waals surface area contributed by atoms with Crippen LogP contribution in [0.4, 0.5) is 5.82 Å². The van der Waals surface area contributed by atoms with E-state index in [4.69, 9.17) is 5.11 Å². The smallest absolute Gasteiger partial charge is 0.126 e. The molecule has 0 spiro atoms. The molecule has 2 N–H and O–H groups in total. The highest BCUT2D eigenvalue weighted by Gasteiger charge is 2.23. The summed E-state index contributed by atoms with van der Waals surface area (Å²) in [6.07, 6.45) is 2.50. The topological polar surface area (TPSA) is 45.1 Å². The summed E-state index contributed by atoms with van der Waals surface area (Å²) < 4.78 is 0. The van der Waals surface area contributed by atoms with Gasteiger partial charge in [-0.15, -0.1) is 0 Å². The Kier molecular flexibility index (Phi) is 4.09. The van der Waals surface area contributed by atoms with Gasteiger partial charge in [0.1, 0.15) is 5.82 Å². The summed E-state index contributed by atoms with van der Waals surface area (Å²) in [6.45, 7) is 6.66. The molecule has 0 aromatic carbocycles. The maximum absolute atomic E-state index is 9.02. The van der Waals surface area contributed by atoms with Crippen LogP contribution in [0.3, 0.4) is 0 Å². The van der Waals surface area contributed by atoms with E-state index < -0.39 is 0 Å². The van der Waals surface area contributed by atoms with E-state index in [0.717, 1.165) is 12.2 Å². The summed E-state index contributed by atoms with van der Waals surface area (Å²) in [6, 6.07) is 6.02. The van der Waals surface area contributed by atoms with Crippen LogP contribution in [0.15, 0.2) is 24.4 Å². The fourth-order valence-corrected chi connectivity index (χ4v) is 1.48. The van der Waals surface area contributed by atoms with Gasteiger partial charge in [0, 0.05) is 18.8 Å². The van der Waals surface area contributed by atoms with Crippen molar-refractivity contribution in [3.05, 3.63) is 24.4 Å². The average molecular weight is 208 g/mol. The first-order chi connectivity index (χ1) is 7.04. The fourth-order valence-electron chi connectivity index (χ4n) is 1.48. The summed E-state index contributed by atoms with van der Waals surface area (Å²) >= 11 is 0. The van der Waals surface area contributed by atoms with Crippen LogP contribution in [0.25, 0.3) is 0 Å². The highest BCUT2D eigenvalue weighted by atomic mass is 16.3. The molecular weight excluding hydrogens is 188 g/mol. The number of aliphatic hydroxyl groups is 1. The summed E-state index contributed by atoms with van der Waals surface area (Å²) in [5.74, 6) is 0.867. The minimum absolute atomic E-state index is 0.111. The average Bonchev–Trinajstić information content (AvgIpc) is 2.17. The van der Waals surface area contributed by atoms with Gasteiger partial charge >= 0.3 is 0 Å². The van der Waals surface area contributed by atoms with Crippen LogP contribution < -0.4 is 5.32 Å². The van der Waals surface area contributed by atoms with Gasteiger partial charge in [-0.1, -0.05) is 26.8 Å².